The maximum atomic E-state index is 9.21. The van der Waals surface area contributed by atoms with Crippen LogP contribution in [0.1, 0.15) is 33.1 Å². The monoisotopic (exact) mass is 178 g/mol. The number of rotatable bonds is 2. The molecule has 0 aliphatic rings. The number of carbonyl (C=O) groups is 2. The molecule has 0 aromatic carbocycles. The maximum Gasteiger partial charge on any atom is 0.516 e. The van der Waals surface area contributed by atoms with Crippen LogP contribution in [0.4, 0.5) is 9.59 Å². The minimum atomic E-state index is -1.81. The third-order valence-corrected chi connectivity index (χ3v) is 0.882. The highest BCUT2D eigenvalue weighted by molar-refractivity contribution is 5.74. The van der Waals surface area contributed by atoms with Crippen LogP contribution in [0.2, 0.25) is 0 Å². The van der Waals surface area contributed by atoms with Gasteiger partial charge < -0.3 is 14.9 Å². The lowest BCUT2D eigenvalue weighted by Crippen LogP contribution is -2.05. The predicted octanol–water partition coefficient (Wildman–Crippen LogP) is 2.56. The Balaban J connectivity index is 0. The zero-order valence-electron chi connectivity index (χ0n) is 7.24. The summed E-state index contributed by atoms with van der Waals surface area (Å²) in [5.41, 5.74) is 0. The van der Waals surface area contributed by atoms with E-state index in [0.717, 1.165) is 0 Å². The quantitative estimate of drug-likeness (QED) is 0.501. The lowest BCUT2D eigenvalue weighted by atomic mass is 10.3. The Hall–Kier alpha value is -1.26. The van der Waals surface area contributed by atoms with E-state index >= 15 is 0 Å². The lowest BCUT2D eigenvalue weighted by molar-refractivity contribution is 0.0802. The predicted molar refractivity (Wildman–Crippen MR) is 42.3 cm³/mol. The molecule has 5 heteroatoms. The molecule has 0 fully saturated rings. The summed E-state index contributed by atoms with van der Waals surface area (Å²) in [6.45, 7) is 4.42. The Bertz CT molecular complexity index is 118. The second kappa shape index (κ2) is 9.74. The molecule has 2 N–H and O–H groups in total. The first-order valence-corrected chi connectivity index (χ1v) is 3.68. The minimum absolute atomic E-state index is 1.34. The average Bonchev–Trinajstić information content (AvgIpc) is 1.87. The summed E-state index contributed by atoms with van der Waals surface area (Å²) in [4.78, 5) is 18.4. The summed E-state index contributed by atoms with van der Waals surface area (Å²) in [7, 11) is 0. The number of carboxylic acid groups (broad SMARTS) is 2. The van der Waals surface area contributed by atoms with Gasteiger partial charge in [-0.05, 0) is 0 Å². The molecule has 0 aromatic rings. The third kappa shape index (κ3) is 23.3. The van der Waals surface area contributed by atoms with Gasteiger partial charge in [-0.25, -0.2) is 9.59 Å². The topological polar surface area (TPSA) is 83.8 Å². The molecule has 0 saturated heterocycles. The van der Waals surface area contributed by atoms with E-state index in [4.69, 9.17) is 10.2 Å². The van der Waals surface area contributed by atoms with Crippen LogP contribution in [0.25, 0.3) is 0 Å². The molecule has 72 valence electrons. The zero-order chi connectivity index (χ0) is 9.98. The van der Waals surface area contributed by atoms with Gasteiger partial charge in [0.1, 0.15) is 0 Å². The van der Waals surface area contributed by atoms with Crippen molar-refractivity contribution in [3.05, 3.63) is 0 Å². The first-order valence-electron chi connectivity index (χ1n) is 3.68. The summed E-state index contributed by atoms with van der Waals surface area (Å²) in [6.07, 6.45) is 0.451. The van der Waals surface area contributed by atoms with Crippen molar-refractivity contribution in [1.82, 2.24) is 0 Å². The zero-order valence-corrected chi connectivity index (χ0v) is 7.24. The van der Waals surface area contributed by atoms with Crippen molar-refractivity contribution in [2.24, 2.45) is 0 Å². The summed E-state index contributed by atoms with van der Waals surface area (Å²) in [6, 6.07) is 0. The Morgan fingerprint density at radius 3 is 1.42 bits per heavy atom. The van der Waals surface area contributed by atoms with Crippen molar-refractivity contribution >= 4 is 12.3 Å². The van der Waals surface area contributed by atoms with Crippen molar-refractivity contribution in [3.63, 3.8) is 0 Å². The number of hydrogen-bond acceptors (Lipinski definition) is 3. The van der Waals surface area contributed by atoms with Crippen LogP contribution in [-0.4, -0.2) is 22.5 Å². The van der Waals surface area contributed by atoms with E-state index in [0.29, 0.717) is 0 Å². The summed E-state index contributed by atoms with van der Waals surface area (Å²) in [5.74, 6) is 0. The molecule has 0 aromatic heterocycles. The van der Waals surface area contributed by atoms with Gasteiger partial charge in [0.05, 0.1) is 0 Å². The van der Waals surface area contributed by atoms with Gasteiger partial charge in [0.25, 0.3) is 0 Å². The molecule has 0 heterocycles. The SMILES string of the molecule is CCCCC.O=C(O)OC(=O)O. The highest BCUT2D eigenvalue weighted by Gasteiger charge is 2.01. The number of hydrogen-bond donors (Lipinski definition) is 2. The van der Waals surface area contributed by atoms with Crippen molar-refractivity contribution in [3.8, 4) is 0 Å². The largest absolute Gasteiger partial charge is 0.516 e. The lowest BCUT2D eigenvalue weighted by Gasteiger charge is -1.84. The van der Waals surface area contributed by atoms with Crippen molar-refractivity contribution < 1.29 is 24.5 Å². The molecule has 12 heavy (non-hydrogen) atoms. The second-order valence-electron chi connectivity index (χ2n) is 1.99. The van der Waals surface area contributed by atoms with Gasteiger partial charge in [-0.3, -0.25) is 0 Å². The van der Waals surface area contributed by atoms with Gasteiger partial charge in [0, 0.05) is 0 Å². The highest BCUT2D eigenvalue weighted by Crippen LogP contribution is 1.88. The van der Waals surface area contributed by atoms with Crippen LogP contribution in [0, 0.1) is 0 Å². The summed E-state index contributed by atoms with van der Waals surface area (Å²) in [5, 5.41) is 15.0. The van der Waals surface area contributed by atoms with E-state index in [1.807, 2.05) is 0 Å². The standard InChI is InChI=1S/C5H12.C2H2O5/c1-3-5-4-2;3-1(4)7-2(5)6/h3-5H2,1-2H3;(H,3,4)(H,5,6). The summed E-state index contributed by atoms with van der Waals surface area (Å²) < 4.78 is 3.08. The first kappa shape index (κ1) is 13.3. The van der Waals surface area contributed by atoms with E-state index < -0.39 is 12.3 Å². The Morgan fingerprint density at radius 1 is 1.08 bits per heavy atom. The molecule has 0 radical (unpaired) electrons. The van der Waals surface area contributed by atoms with Crippen LogP contribution in [-0.2, 0) is 4.74 Å². The second-order valence-corrected chi connectivity index (χ2v) is 1.99. The van der Waals surface area contributed by atoms with Crippen molar-refractivity contribution in [2.75, 3.05) is 0 Å². The summed E-state index contributed by atoms with van der Waals surface area (Å²) >= 11 is 0. The van der Waals surface area contributed by atoms with Gasteiger partial charge in [-0.1, -0.05) is 33.1 Å². The molecule has 0 saturated carbocycles. The van der Waals surface area contributed by atoms with Crippen LogP contribution >= 0.6 is 0 Å². The van der Waals surface area contributed by atoms with E-state index in [9.17, 15) is 9.59 Å². The van der Waals surface area contributed by atoms with E-state index in [1.165, 1.54) is 19.3 Å². The molecule has 5 nitrogen and oxygen atoms in total. The molecule has 0 unspecified atom stereocenters. The van der Waals surface area contributed by atoms with E-state index in [-0.39, 0.29) is 0 Å². The molecular formula is C7H14O5. The molecule has 0 amide bonds. The first-order chi connectivity index (χ1) is 5.54. The number of unbranched alkanes of at least 4 members (excludes halogenated alkanes) is 2. The van der Waals surface area contributed by atoms with Gasteiger partial charge in [0.15, 0.2) is 0 Å². The fraction of sp³-hybridized carbons (Fsp3) is 0.714. The van der Waals surface area contributed by atoms with Crippen LogP contribution < -0.4 is 0 Å². The van der Waals surface area contributed by atoms with E-state index in [1.54, 1.807) is 0 Å². The molecule has 0 spiro atoms. The molecule has 0 bridgehead atoms. The van der Waals surface area contributed by atoms with Crippen LogP contribution in [0.15, 0.2) is 0 Å². The molecule has 0 rings (SSSR count). The fourth-order valence-electron chi connectivity index (χ4n) is 0.428. The fourth-order valence-corrected chi connectivity index (χ4v) is 0.428. The third-order valence-electron chi connectivity index (χ3n) is 0.882. The number of ether oxygens (including phenoxy) is 1. The van der Waals surface area contributed by atoms with Crippen LogP contribution in [0.5, 0.6) is 0 Å². The van der Waals surface area contributed by atoms with Gasteiger partial charge >= 0.3 is 12.3 Å². The van der Waals surface area contributed by atoms with Gasteiger partial charge in [0.2, 0.25) is 0 Å². The van der Waals surface area contributed by atoms with Gasteiger partial charge in [-0.2, -0.15) is 0 Å². The van der Waals surface area contributed by atoms with Crippen molar-refractivity contribution in [1.29, 1.82) is 0 Å². The Morgan fingerprint density at radius 2 is 1.42 bits per heavy atom. The molecule has 0 atom stereocenters. The van der Waals surface area contributed by atoms with Crippen molar-refractivity contribution in [2.45, 2.75) is 33.1 Å². The molecular weight excluding hydrogens is 164 g/mol. The van der Waals surface area contributed by atoms with E-state index in [2.05, 4.69) is 18.6 Å². The smallest absolute Gasteiger partial charge is 0.449 e. The Kier molecular flexibility index (Phi) is 10.8. The normalized spacial score (nSPS) is 7.83. The van der Waals surface area contributed by atoms with Crippen LogP contribution in [0.3, 0.4) is 0 Å². The average molecular weight is 178 g/mol. The van der Waals surface area contributed by atoms with Gasteiger partial charge in [-0.15, -0.1) is 0 Å². The Labute approximate surface area is 71.0 Å². The molecule has 0 aliphatic carbocycles. The highest BCUT2D eigenvalue weighted by atomic mass is 16.7. The maximum absolute atomic E-state index is 9.21. The minimum Gasteiger partial charge on any atom is -0.449 e. The molecule has 0 aliphatic heterocycles.